The minimum Gasteiger partial charge on any atom is -0.392 e. The van der Waals surface area contributed by atoms with Gasteiger partial charge < -0.3 is 5.11 Å². The van der Waals surface area contributed by atoms with Gasteiger partial charge in [0.15, 0.2) is 0 Å². The molecule has 0 aliphatic carbocycles. The van der Waals surface area contributed by atoms with E-state index < -0.39 is 0 Å². The lowest BCUT2D eigenvalue weighted by molar-refractivity contribution is 0.278. The molecule has 16 heavy (non-hydrogen) atoms. The van der Waals surface area contributed by atoms with Crippen LogP contribution >= 0.6 is 23.5 Å². The van der Waals surface area contributed by atoms with Gasteiger partial charge in [-0.3, -0.25) is 0 Å². The fraction of sp³-hybridized carbons (Fsp3) is 0.538. The summed E-state index contributed by atoms with van der Waals surface area (Å²) in [5.41, 5.74) is 1.05. The average Bonchev–Trinajstić information content (AvgIpc) is 2.19. The van der Waals surface area contributed by atoms with E-state index in [2.05, 4.69) is 33.8 Å². The third kappa shape index (κ3) is 4.04. The molecule has 1 aromatic carbocycles. The smallest absolute Gasteiger partial charge is 0.0693 e. The molecule has 1 N–H and O–H groups in total. The molecule has 0 aliphatic heterocycles. The zero-order chi connectivity index (χ0) is 12.1. The molecule has 0 saturated heterocycles. The lowest BCUT2D eigenvalue weighted by Gasteiger charge is -2.15. The number of aliphatic hydroxyl groups excluding tert-OH is 1. The van der Waals surface area contributed by atoms with Crippen LogP contribution in [0, 0.1) is 0 Å². The molecule has 1 rings (SSSR count). The lowest BCUT2D eigenvalue weighted by atomic mass is 10.2. The van der Waals surface area contributed by atoms with Crippen molar-refractivity contribution in [2.24, 2.45) is 0 Å². The molecular weight excluding hydrogens is 236 g/mol. The summed E-state index contributed by atoms with van der Waals surface area (Å²) in [5, 5.41) is 10.5. The van der Waals surface area contributed by atoms with Crippen LogP contribution in [0.5, 0.6) is 0 Å². The van der Waals surface area contributed by atoms with Gasteiger partial charge in [-0.05, 0) is 11.6 Å². The van der Waals surface area contributed by atoms with Gasteiger partial charge in [0.25, 0.3) is 0 Å². The van der Waals surface area contributed by atoms with E-state index in [-0.39, 0.29) is 6.61 Å². The number of hydrogen-bond acceptors (Lipinski definition) is 3. The van der Waals surface area contributed by atoms with Crippen molar-refractivity contribution >= 4 is 23.5 Å². The van der Waals surface area contributed by atoms with Crippen molar-refractivity contribution in [2.45, 2.75) is 54.6 Å². The summed E-state index contributed by atoms with van der Waals surface area (Å²) in [6.07, 6.45) is 0. The normalized spacial score (nSPS) is 11.4. The van der Waals surface area contributed by atoms with Crippen LogP contribution in [-0.2, 0) is 6.61 Å². The first-order valence-corrected chi connectivity index (χ1v) is 7.36. The van der Waals surface area contributed by atoms with Gasteiger partial charge in [0.05, 0.1) is 6.61 Å². The van der Waals surface area contributed by atoms with Crippen LogP contribution < -0.4 is 0 Å². The van der Waals surface area contributed by atoms with Crippen LogP contribution in [0.25, 0.3) is 0 Å². The van der Waals surface area contributed by atoms with Crippen LogP contribution in [0.3, 0.4) is 0 Å². The Bertz CT molecular complexity index is 335. The van der Waals surface area contributed by atoms with Gasteiger partial charge in [-0.2, -0.15) is 0 Å². The van der Waals surface area contributed by atoms with E-state index in [0.29, 0.717) is 10.5 Å². The van der Waals surface area contributed by atoms with Crippen molar-refractivity contribution < 1.29 is 5.11 Å². The molecule has 0 fully saturated rings. The second kappa shape index (κ2) is 6.58. The lowest BCUT2D eigenvalue weighted by Crippen LogP contribution is -1.96. The molecule has 3 heteroatoms. The second-order valence-electron chi connectivity index (χ2n) is 4.24. The molecule has 0 aromatic heterocycles. The Balaban J connectivity index is 3.04. The summed E-state index contributed by atoms with van der Waals surface area (Å²) in [6, 6.07) is 6.18. The van der Waals surface area contributed by atoms with Crippen LogP contribution in [0.2, 0.25) is 0 Å². The molecule has 0 saturated carbocycles. The van der Waals surface area contributed by atoms with Gasteiger partial charge in [0.1, 0.15) is 0 Å². The highest BCUT2D eigenvalue weighted by Gasteiger charge is 2.11. The Morgan fingerprint density at radius 3 is 2.19 bits per heavy atom. The Labute approximate surface area is 107 Å². The van der Waals surface area contributed by atoms with Gasteiger partial charge >= 0.3 is 0 Å². The van der Waals surface area contributed by atoms with Crippen molar-refractivity contribution in [1.82, 2.24) is 0 Å². The molecule has 0 atom stereocenters. The molecule has 0 heterocycles. The molecular formula is C13H20OS2. The van der Waals surface area contributed by atoms with E-state index in [4.69, 9.17) is 0 Å². The van der Waals surface area contributed by atoms with Crippen molar-refractivity contribution in [2.75, 3.05) is 0 Å². The van der Waals surface area contributed by atoms with E-state index >= 15 is 0 Å². The largest absolute Gasteiger partial charge is 0.392 e. The Kier molecular flexibility index (Phi) is 5.73. The predicted molar refractivity (Wildman–Crippen MR) is 74.4 cm³/mol. The Morgan fingerprint density at radius 1 is 1.06 bits per heavy atom. The first-order valence-electron chi connectivity index (χ1n) is 5.60. The van der Waals surface area contributed by atoms with E-state index in [1.54, 1.807) is 0 Å². The van der Waals surface area contributed by atoms with Crippen LogP contribution in [0.1, 0.15) is 33.3 Å². The molecule has 0 radical (unpaired) electrons. The first kappa shape index (κ1) is 13.9. The highest BCUT2D eigenvalue weighted by molar-refractivity contribution is 8.02. The summed E-state index contributed by atoms with van der Waals surface area (Å²) in [6.45, 7) is 8.88. The van der Waals surface area contributed by atoms with Crippen molar-refractivity contribution in [3.05, 3.63) is 23.8 Å². The topological polar surface area (TPSA) is 20.2 Å². The average molecular weight is 256 g/mol. The van der Waals surface area contributed by atoms with E-state index in [0.717, 1.165) is 5.56 Å². The number of rotatable bonds is 5. The van der Waals surface area contributed by atoms with Crippen LogP contribution in [0.4, 0.5) is 0 Å². The highest BCUT2D eigenvalue weighted by Crippen LogP contribution is 2.37. The molecule has 0 bridgehead atoms. The Morgan fingerprint density at radius 2 is 1.69 bits per heavy atom. The Hall–Kier alpha value is -0.120. The minimum atomic E-state index is 0.127. The standard InChI is InChI=1S/C13H20OS2/c1-9(2)15-12-7-5-6-11(8-14)13(12)16-10(3)4/h5-7,9-10,14H,8H2,1-4H3. The summed E-state index contributed by atoms with van der Waals surface area (Å²) < 4.78 is 0. The third-order valence-electron chi connectivity index (χ3n) is 1.95. The van der Waals surface area contributed by atoms with E-state index in [1.165, 1.54) is 9.79 Å². The van der Waals surface area contributed by atoms with Gasteiger partial charge in [-0.15, -0.1) is 23.5 Å². The van der Waals surface area contributed by atoms with Crippen molar-refractivity contribution in [3.63, 3.8) is 0 Å². The summed E-state index contributed by atoms with van der Waals surface area (Å²) in [4.78, 5) is 2.54. The van der Waals surface area contributed by atoms with Gasteiger partial charge in [-0.1, -0.05) is 39.8 Å². The maximum absolute atomic E-state index is 9.37. The first-order chi connectivity index (χ1) is 7.54. The van der Waals surface area contributed by atoms with Crippen LogP contribution in [-0.4, -0.2) is 15.6 Å². The van der Waals surface area contributed by atoms with E-state index in [1.807, 2.05) is 35.7 Å². The van der Waals surface area contributed by atoms with Gasteiger partial charge in [0.2, 0.25) is 0 Å². The molecule has 1 aromatic rings. The van der Waals surface area contributed by atoms with Gasteiger partial charge in [-0.25, -0.2) is 0 Å². The SMILES string of the molecule is CC(C)Sc1cccc(CO)c1SC(C)C. The number of aliphatic hydroxyl groups is 1. The maximum atomic E-state index is 9.37. The number of hydrogen-bond donors (Lipinski definition) is 1. The zero-order valence-corrected chi connectivity index (χ0v) is 12.0. The van der Waals surface area contributed by atoms with Gasteiger partial charge in [0, 0.05) is 20.3 Å². The third-order valence-corrected chi connectivity index (χ3v) is 4.33. The quantitative estimate of drug-likeness (QED) is 0.798. The van der Waals surface area contributed by atoms with E-state index in [9.17, 15) is 5.11 Å². The van der Waals surface area contributed by atoms with Crippen molar-refractivity contribution in [1.29, 1.82) is 0 Å². The maximum Gasteiger partial charge on any atom is 0.0693 e. The molecule has 0 spiro atoms. The number of thioether (sulfide) groups is 2. The second-order valence-corrected chi connectivity index (χ2v) is 7.44. The predicted octanol–water partition coefficient (Wildman–Crippen LogP) is 4.18. The fourth-order valence-electron chi connectivity index (χ4n) is 1.40. The summed E-state index contributed by atoms with van der Waals surface area (Å²) in [5.74, 6) is 0. The molecule has 0 unspecified atom stereocenters. The monoisotopic (exact) mass is 256 g/mol. The highest BCUT2D eigenvalue weighted by atomic mass is 32.2. The molecule has 0 amide bonds. The zero-order valence-electron chi connectivity index (χ0n) is 10.4. The molecule has 1 nitrogen and oxygen atoms in total. The minimum absolute atomic E-state index is 0.127. The number of benzene rings is 1. The summed E-state index contributed by atoms with van der Waals surface area (Å²) >= 11 is 3.70. The fourth-order valence-corrected chi connectivity index (χ4v) is 3.53. The molecule has 0 aliphatic rings. The van der Waals surface area contributed by atoms with Crippen molar-refractivity contribution in [3.8, 4) is 0 Å². The molecule has 90 valence electrons. The summed E-state index contributed by atoms with van der Waals surface area (Å²) in [7, 11) is 0. The van der Waals surface area contributed by atoms with Crippen LogP contribution in [0.15, 0.2) is 28.0 Å².